The quantitative estimate of drug-likeness (QED) is 0.745. The fraction of sp³-hybridized carbons (Fsp3) is 0.214. The Labute approximate surface area is 106 Å². The van der Waals surface area contributed by atoms with Crippen molar-refractivity contribution >= 4 is 17.4 Å². The van der Waals surface area contributed by atoms with Crippen molar-refractivity contribution in [2.45, 2.75) is 13.8 Å². The molecule has 0 saturated heterocycles. The van der Waals surface area contributed by atoms with Crippen molar-refractivity contribution in [3.63, 3.8) is 0 Å². The SMILES string of the molecule is Cc1cc(C)n(C)c1C(=O)c1ccc(Cl)cc1. The Hall–Kier alpha value is -1.54. The van der Waals surface area contributed by atoms with Gasteiger partial charge in [-0.25, -0.2) is 0 Å². The molecule has 17 heavy (non-hydrogen) atoms. The van der Waals surface area contributed by atoms with Crippen LogP contribution in [0.4, 0.5) is 0 Å². The standard InChI is InChI=1S/C14H14ClNO/c1-9-8-10(2)16(3)13(9)14(17)11-4-6-12(15)7-5-11/h4-8H,1-3H3. The molecule has 1 aromatic heterocycles. The highest BCUT2D eigenvalue weighted by atomic mass is 35.5. The normalized spacial score (nSPS) is 10.6. The molecular formula is C14H14ClNO. The summed E-state index contributed by atoms with van der Waals surface area (Å²) in [6.07, 6.45) is 0. The molecule has 2 nitrogen and oxygen atoms in total. The zero-order valence-electron chi connectivity index (χ0n) is 10.1. The van der Waals surface area contributed by atoms with E-state index in [2.05, 4.69) is 0 Å². The first-order chi connectivity index (χ1) is 8.00. The van der Waals surface area contributed by atoms with Crippen LogP contribution in [0.15, 0.2) is 30.3 Å². The summed E-state index contributed by atoms with van der Waals surface area (Å²) in [6, 6.07) is 9.00. The van der Waals surface area contributed by atoms with Gasteiger partial charge in [-0.2, -0.15) is 0 Å². The summed E-state index contributed by atoms with van der Waals surface area (Å²) in [5.74, 6) is 0.0368. The first-order valence-electron chi connectivity index (χ1n) is 5.44. The van der Waals surface area contributed by atoms with Crippen LogP contribution in [0.3, 0.4) is 0 Å². The Kier molecular flexibility index (Phi) is 3.07. The van der Waals surface area contributed by atoms with E-state index in [1.54, 1.807) is 24.3 Å². The maximum atomic E-state index is 12.3. The maximum Gasteiger partial charge on any atom is 0.209 e. The average Bonchev–Trinajstić information content (AvgIpc) is 2.53. The van der Waals surface area contributed by atoms with Gasteiger partial charge in [-0.05, 0) is 49.7 Å². The second-order valence-corrected chi connectivity index (χ2v) is 4.65. The Morgan fingerprint density at radius 2 is 1.76 bits per heavy atom. The lowest BCUT2D eigenvalue weighted by atomic mass is 10.1. The number of hydrogen-bond donors (Lipinski definition) is 0. The lowest BCUT2D eigenvalue weighted by molar-refractivity contribution is 0.103. The summed E-state index contributed by atoms with van der Waals surface area (Å²) in [5, 5.41) is 0.640. The predicted molar refractivity (Wildman–Crippen MR) is 69.8 cm³/mol. The molecule has 0 amide bonds. The Morgan fingerprint density at radius 3 is 2.24 bits per heavy atom. The van der Waals surface area contributed by atoms with Crippen LogP contribution in [0.1, 0.15) is 27.3 Å². The molecule has 0 N–H and O–H groups in total. The van der Waals surface area contributed by atoms with E-state index in [0.29, 0.717) is 10.6 Å². The summed E-state index contributed by atoms with van der Waals surface area (Å²) in [4.78, 5) is 12.3. The number of ketones is 1. The molecule has 0 bridgehead atoms. The van der Waals surface area contributed by atoms with Gasteiger partial charge in [-0.3, -0.25) is 4.79 Å². The van der Waals surface area contributed by atoms with Crippen molar-refractivity contribution in [1.82, 2.24) is 4.57 Å². The van der Waals surface area contributed by atoms with Crippen LogP contribution in [0.25, 0.3) is 0 Å². The van der Waals surface area contributed by atoms with E-state index < -0.39 is 0 Å². The average molecular weight is 248 g/mol. The molecule has 0 saturated carbocycles. The predicted octanol–water partition coefficient (Wildman–Crippen LogP) is 3.53. The summed E-state index contributed by atoms with van der Waals surface area (Å²) >= 11 is 5.81. The fourth-order valence-corrected chi connectivity index (χ4v) is 2.11. The van der Waals surface area contributed by atoms with Crippen LogP contribution in [-0.2, 0) is 7.05 Å². The van der Waals surface area contributed by atoms with E-state index in [1.165, 1.54) is 0 Å². The zero-order valence-corrected chi connectivity index (χ0v) is 10.9. The Morgan fingerprint density at radius 1 is 1.18 bits per heavy atom. The highest BCUT2D eigenvalue weighted by Crippen LogP contribution is 2.19. The third kappa shape index (κ3) is 2.13. The molecule has 0 aliphatic rings. The molecule has 1 heterocycles. The van der Waals surface area contributed by atoms with Crippen molar-refractivity contribution in [2.24, 2.45) is 7.05 Å². The number of hydrogen-bond acceptors (Lipinski definition) is 1. The molecule has 0 aliphatic heterocycles. The number of aryl methyl sites for hydroxylation is 2. The Bertz CT molecular complexity index is 567. The van der Waals surface area contributed by atoms with Crippen LogP contribution < -0.4 is 0 Å². The summed E-state index contributed by atoms with van der Waals surface area (Å²) in [5.41, 5.74) is 3.49. The molecule has 1 aromatic carbocycles. The minimum Gasteiger partial charge on any atom is -0.345 e. The van der Waals surface area contributed by atoms with Gasteiger partial charge in [0.25, 0.3) is 0 Å². The molecule has 3 heteroatoms. The van der Waals surface area contributed by atoms with E-state index in [-0.39, 0.29) is 5.78 Å². The van der Waals surface area contributed by atoms with Crippen molar-refractivity contribution < 1.29 is 4.79 Å². The minimum absolute atomic E-state index is 0.0368. The van der Waals surface area contributed by atoms with Gasteiger partial charge in [-0.1, -0.05) is 11.6 Å². The van der Waals surface area contributed by atoms with Gasteiger partial charge in [0.2, 0.25) is 5.78 Å². The van der Waals surface area contributed by atoms with Crippen LogP contribution in [0.5, 0.6) is 0 Å². The van der Waals surface area contributed by atoms with Crippen LogP contribution >= 0.6 is 11.6 Å². The van der Waals surface area contributed by atoms with Gasteiger partial charge < -0.3 is 4.57 Å². The number of nitrogens with zero attached hydrogens (tertiary/aromatic N) is 1. The lowest BCUT2D eigenvalue weighted by Gasteiger charge is -2.06. The monoisotopic (exact) mass is 247 g/mol. The van der Waals surface area contributed by atoms with Gasteiger partial charge in [0.1, 0.15) is 0 Å². The summed E-state index contributed by atoms with van der Waals surface area (Å²) in [6.45, 7) is 3.95. The summed E-state index contributed by atoms with van der Waals surface area (Å²) in [7, 11) is 1.91. The van der Waals surface area contributed by atoms with Gasteiger partial charge in [0, 0.05) is 23.3 Å². The molecule has 0 spiro atoms. The van der Waals surface area contributed by atoms with Crippen LogP contribution in [0.2, 0.25) is 5.02 Å². The van der Waals surface area contributed by atoms with Gasteiger partial charge in [0.05, 0.1) is 5.69 Å². The van der Waals surface area contributed by atoms with Crippen LogP contribution in [-0.4, -0.2) is 10.4 Å². The molecule has 0 fully saturated rings. The second-order valence-electron chi connectivity index (χ2n) is 4.21. The van der Waals surface area contributed by atoms with Crippen molar-refractivity contribution in [3.05, 3.63) is 57.9 Å². The molecule has 88 valence electrons. The third-order valence-electron chi connectivity index (χ3n) is 2.98. The van der Waals surface area contributed by atoms with Gasteiger partial charge in [-0.15, -0.1) is 0 Å². The van der Waals surface area contributed by atoms with Crippen molar-refractivity contribution in [2.75, 3.05) is 0 Å². The molecule has 0 radical (unpaired) electrons. The number of carbonyl (C=O) groups is 1. The fourth-order valence-electron chi connectivity index (χ4n) is 1.99. The third-order valence-corrected chi connectivity index (χ3v) is 3.24. The number of rotatable bonds is 2. The number of carbonyl (C=O) groups excluding carboxylic acids is 1. The topological polar surface area (TPSA) is 22.0 Å². The van der Waals surface area contributed by atoms with E-state index >= 15 is 0 Å². The van der Waals surface area contributed by atoms with E-state index in [4.69, 9.17) is 11.6 Å². The van der Waals surface area contributed by atoms with Gasteiger partial charge in [0.15, 0.2) is 0 Å². The molecule has 0 aliphatic carbocycles. The van der Waals surface area contributed by atoms with E-state index in [9.17, 15) is 4.79 Å². The Balaban J connectivity index is 2.47. The minimum atomic E-state index is 0.0368. The first kappa shape index (κ1) is 11.9. The van der Waals surface area contributed by atoms with Gasteiger partial charge >= 0.3 is 0 Å². The molecule has 2 aromatic rings. The molecule has 0 atom stereocenters. The van der Waals surface area contributed by atoms with E-state index in [0.717, 1.165) is 17.0 Å². The zero-order chi connectivity index (χ0) is 12.6. The number of aromatic nitrogens is 1. The maximum absolute atomic E-state index is 12.3. The summed E-state index contributed by atoms with van der Waals surface area (Å²) < 4.78 is 1.92. The molecular weight excluding hydrogens is 234 g/mol. The lowest BCUT2D eigenvalue weighted by Crippen LogP contribution is -2.09. The first-order valence-corrected chi connectivity index (χ1v) is 5.81. The highest BCUT2D eigenvalue weighted by molar-refractivity contribution is 6.30. The molecule has 2 rings (SSSR count). The van der Waals surface area contributed by atoms with E-state index in [1.807, 2.05) is 31.5 Å². The number of halogens is 1. The number of benzene rings is 1. The van der Waals surface area contributed by atoms with Crippen LogP contribution in [0, 0.1) is 13.8 Å². The largest absolute Gasteiger partial charge is 0.345 e. The molecule has 0 unspecified atom stereocenters. The second kappa shape index (κ2) is 4.38. The highest BCUT2D eigenvalue weighted by Gasteiger charge is 2.16. The van der Waals surface area contributed by atoms with Crippen molar-refractivity contribution in [3.8, 4) is 0 Å². The smallest absolute Gasteiger partial charge is 0.209 e. The van der Waals surface area contributed by atoms with Crippen molar-refractivity contribution in [1.29, 1.82) is 0 Å².